The number of aromatic amines is 1. The Morgan fingerprint density at radius 3 is 3.00 bits per heavy atom. The van der Waals surface area contributed by atoms with Gasteiger partial charge in [-0.15, -0.1) is 0 Å². The fourth-order valence-electron chi connectivity index (χ4n) is 2.29. The zero-order chi connectivity index (χ0) is 9.97. The summed E-state index contributed by atoms with van der Waals surface area (Å²) in [5.41, 5.74) is 5.74. The average molecular weight is 194 g/mol. The molecular formula is C10H18N4. The summed E-state index contributed by atoms with van der Waals surface area (Å²) in [7, 11) is 0. The highest BCUT2D eigenvalue weighted by Crippen LogP contribution is 2.37. The highest BCUT2D eigenvalue weighted by Gasteiger charge is 2.30. The molecule has 2 rings (SSSR count). The Morgan fingerprint density at radius 2 is 2.36 bits per heavy atom. The quantitative estimate of drug-likeness (QED) is 0.760. The second kappa shape index (κ2) is 4.09. The van der Waals surface area contributed by atoms with Crippen LogP contribution in [0.25, 0.3) is 0 Å². The van der Waals surface area contributed by atoms with Crippen LogP contribution in [0.2, 0.25) is 0 Å². The fourth-order valence-corrected chi connectivity index (χ4v) is 2.29. The van der Waals surface area contributed by atoms with Crippen LogP contribution < -0.4 is 5.73 Å². The van der Waals surface area contributed by atoms with E-state index in [4.69, 9.17) is 5.73 Å². The van der Waals surface area contributed by atoms with Crippen molar-refractivity contribution in [2.24, 2.45) is 11.7 Å². The first-order valence-corrected chi connectivity index (χ1v) is 5.46. The van der Waals surface area contributed by atoms with Crippen molar-refractivity contribution in [1.29, 1.82) is 0 Å². The summed E-state index contributed by atoms with van der Waals surface area (Å²) in [6.45, 7) is 2.85. The van der Waals surface area contributed by atoms with E-state index in [9.17, 15) is 0 Å². The molecule has 0 unspecified atom stereocenters. The van der Waals surface area contributed by atoms with Gasteiger partial charge in [-0.05, 0) is 25.3 Å². The van der Waals surface area contributed by atoms with Gasteiger partial charge >= 0.3 is 0 Å². The molecule has 1 aliphatic carbocycles. The van der Waals surface area contributed by atoms with Crippen LogP contribution in [0.3, 0.4) is 0 Å². The van der Waals surface area contributed by atoms with Gasteiger partial charge in [0.2, 0.25) is 0 Å². The van der Waals surface area contributed by atoms with E-state index in [2.05, 4.69) is 22.1 Å². The maximum Gasteiger partial charge on any atom is 0.154 e. The molecule has 1 fully saturated rings. The molecule has 0 amide bonds. The lowest BCUT2D eigenvalue weighted by molar-refractivity contribution is 0.478. The average Bonchev–Trinajstić information content (AvgIpc) is 2.85. The number of aromatic nitrogens is 3. The van der Waals surface area contributed by atoms with Crippen LogP contribution in [0, 0.1) is 5.92 Å². The van der Waals surface area contributed by atoms with Crippen LogP contribution in [0.5, 0.6) is 0 Å². The van der Waals surface area contributed by atoms with Gasteiger partial charge in [0, 0.05) is 12.3 Å². The molecule has 1 aromatic rings. The normalized spacial score (nSPS) is 27.0. The minimum absolute atomic E-state index is 0.497. The van der Waals surface area contributed by atoms with Gasteiger partial charge in [0.15, 0.2) is 5.82 Å². The van der Waals surface area contributed by atoms with Gasteiger partial charge in [-0.2, -0.15) is 5.10 Å². The maximum absolute atomic E-state index is 5.74. The maximum atomic E-state index is 5.74. The number of aryl methyl sites for hydroxylation is 1. The zero-order valence-corrected chi connectivity index (χ0v) is 8.66. The fraction of sp³-hybridized carbons (Fsp3) is 0.800. The van der Waals surface area contributed by atoms with Gasteiger partial charge in [0.05, 0.1) is 0 Å². The third-order valence-corrected chi connectivity index (χ3v) is 3.18. The number of nitrogens with zero attached hydrogens (tertiary/aromatic N) is 2. The molecule has 0 spiro atoms. The highest BCUT2D eigenvalue weighted by atomic mass is 15.2. The molecule has 0 bridgehead atoms. The molecule has 4 nitrogen and oxygen atoms in total. The molecule has 1 aromatic heterocycles. The molecule has 14 heavy (non-hydrogen) atoms. The first kappa shape index (κ1) is 9.65. The summed E-state index contributed by atoms with van der Waals surface area (Å²) in [5.74, 6) is 3.06. The van der Waals surface area contributed by atoms with Crippen molar-refractivity contribution in [3.05, 3.63) is 11.6 Å². The molecule has 1 aliphatic rings. The summed E-state index contributed by atoms with van der Waals surface area (Å²) in [6, 6.07) is 0. The smallest absolute Gasteiger partial charge is 0.154 e. The third kappa shape index (κ3) is 1.66. The van der Waals surface area contributed by atoms with Crippen molar-refractivity contribution in [2.45, 2.75) is 38.5 Å². The van der Waals surface area contributed by atoms with Crippen molar-refractivity contribution in [3.8, 4) is 0 Å². The number of nitrogens with one attached hydrogen (secondary N) is 1. The molecule has 78 valence electrons. The second-order valence-corrected chi connectivity index (χ2v) is 4.03. The molecule has 0 aliphatic heterocycles. The zero-order valence-electron chi connectivity index (χ0n) is 8.66. The lowest BCUT2D eigenvalue weighted by atomic mass is 9.96. The summed E-state index contributed by atoms with van der Waals surface area (Å²) in [6.07, 6.45) is 4.62. The van der Waals surface area contributed by atoms with Gasteiger partial charge < -0.3 is 5.73 Å². The van der Waals surface area contributed by atoms with E-state index in [1.165, 1.54) is 19.3 Å². The van der Waals surface area contributed by atoms with E-state index in [1.807, 2.05) is 0 Å². The molecule has 0 radical (unpaired) electrons. The summed E-state index contributed by atoms with van der Waals surface area (Å²) < 4.78 is 0. The van der Waals surface area contributed by atoms with Crippen LogP contribution in [0.1, 0.15) is 43.8 Å². The van der Waals surface area contributed by atoms with Crippen molar-refractivity contribution in [1.82, 2.24) is 15.2 Å². The van der Waals surface area contributed by atoms with E-state index in [0.717, 1.165) is 24.6 Å². The van der Waals surface area contributed by atoms with Gasteiger partial charge in [-0.3, -0.25) is 5.10 Å². The number of nitrogens with two attached hydrogens (primary N) is 1. The molecule has 1 saturated carbocycles. The number of hydrogen-bond acceptors (Lipinski definition) is 3. The Morgan fingerprint density at radius 1 is 1.50 bits per heavy atom. The number of hydrogen-bond donors (Lipinski definition) is 2. The van der Waals surface area contributed by atoms with Crippen molar-refractivity contribution in [2.75, 3.05) is 6.54 Å². The number of H-pyrrole nitrogens is 1. The van der Waals surface area contributed by atoms with E-state index >= 15 is 0 Å². The largest absolute Gasteiger partial charge is 0.330 e. The molecule has 1 heterocycles. The predicted molar refractivity (Wildman–Crippen MR) is 54.9 cm³/mol. The molecule has 3 N–H and O–H groups in total. The minimum Gasteiger partial charge on any atom is -0.330 e. The summed E-state index contributed by atoms with van der Waals surface area (Å²) >= 11 is 0. The Kier molecular flexibility index (Phi) is 2.82. The molecule has 4 heteroatoms. The van der Waals surface area contributed by atoms with Crippen LogP contribution in [-0.4, -0.2) is 21.7 Å². The van der Waals surface area contributed by atoms with Gasteiger partial charge in [-0.1, -0.05) is 13.3 Å². The Bertz CT molecular complexity index is 294. The Balaban J connectivity index is 2.13. The minimum atomic E-state index is 0.497. The lowest BCUT2D eigenvalue weighted by Crippen LogP contribution is -2.18. The first-order chi connectivity index (χ1) is 6.85. The monoisotopic (exact) mass is 194 g/mol. The standard InChI is InChI=1S/C10H18N4/c1-2-9-12-10(14-13-9)8-5-3-4-7(8)6-11/h7-8H,2-6,11H2,1H3,(H,12,13,14)/t7-,8-/m1/s1. The van der Waals surface area contributed by atoms with Gasteiger partial charge in [0.25, 0.3) is 0 Å². The Labute approximate surface area is 84.3 Å². The van der Waals surface area contributed by atoms with Crippen molar-refractivity contribution in [3.63, 3.8) is 0 Å². The lowest BCUT2D eigenvalue weighted by Gasteiger charge is -2.13. The van der Waals surface area contributed by atoms with Gasteiger partial charge in [-0.25, -0.2) is 4.98 Å². The third-order valence-electron chi connectivity index (χ3n) is 3.18. The van der Waals surface area contributed by atoms with Gasteiger partial charge in [0.1, 0.15) is 5.82 Å². The predicted octanol–water partition coefficient (Wildman–Crippen LogP) is 1.21. The van der Waals surface area contributed by atoms with E-state index < -0.39 is 0 Å². The van der Waals surface area contributed by atoms with Crippen LogP contribution in [-0.2, 0) is 6.42 Å². The van der Waals surface area contributed by atoms with Crippen molar-refractivity contribution < 1.29 is 0 Å². The van der Waals surface area contributed by atoms with E-state index in [-0.39, 0.29) is 0 Å². The van der Waals surface area contributed by atoms with E-state index in [0.29, 0.717) is 11.8 Å². The molecule has 0 saturated heterocycles. The van der Waals surface area contributed by atoms with Crippen molar-refractivity contribution >= 4 is 0 Å². The highest BCUT2D eigenvalue weighted by molar-refractivity contribution is 5.03. The number of rotatable bonds is 3. The van der Waals surface area contributed by atoms with Crippen LogP contribution in [0.4, 0.5) is 0 Å². The second-order valence-electron chi connectivity index (χ2n) is 4.03. The topological polar surface area (TPSA) is 67.6 Å². The van der Waals surface area contributed by atoms with Crippen LogP contribution in [0.15, 0.2) is 0 Å². The van der Waals surface area contributed by atoms with E-state index in [1.54, 1.807) is 0 Å². The first-order valence-electron chi connectivity index (χ1n) is 5.46. The Hall–Kier alpha value is -0.900. The molecular weight excluding hydrogens is 176 g/mol. The van der Waals surface area contributed by atoms with Crippen LogP contribution >= 0.6 is 0 Å². The SMILES string of the molecule is CCc1nc([C@@H]2CCC[C@@H]2CN)n[nH]1. The molecule has 0 aromatic carbocycles. The summed E-state index contributed by atoms with van der Waals surface area (Å²) in [5, 5.41) is 7.25. The molecule has 2 atom stereocenters. The summed E-state index contributed by atoms with van der Waals surface area (Å²) in [4.78, 5) is 4.49.